The monoisotopic (exact) mass is 420 g/mol. The first-order chi connectivity index (χ1) is 15.0. The van der Waals surface area contributed by atoms with E-state index in [2.05, 4.69) is 10.6 Å². The number of rotatable bonds is 7. The molecular formula is C23H24N4O4. The number of hydrogen-bond acceptors (Lipinski definition) is 6. The molecule has 0 saturated carbocycles. The zero-order valence-electron chi connectivity index (χ0n) is 17.0. The largest absolute Gasteiger partial charge is 0.399 e. The van der Waals surface area contributed by atoms with E-state index >= 15 is 0 Å². The lowest BCUT2D eigenvalue weighted by Crippen LogP contribution is -2.54. The van der Waals surface area contributed by atoms with Crippen LogP contribution in [0.25, 0.3) is 0 Å². The lowest BCUT2D eigenvalue weighted by atomic mass is 10.0. The second kappa shape index (κ2) is 8.69. The van der Waals surface area contributed by atoms with Crippen LogP contribution >= 0.6 is 0 Å². The van der Waals surface area contributed by atoms with Crippen molar-refractivity contribution in [3.63, 3.8) is 0 Å². The third-order valence-corrected chi connectivity index (χ3v) is 5.64. The zero-order valence-corrected chi connectivity index (χ0v) is 17.0. The van der Waals surface area contributed by atoms with Gasteiger partial charge in [-0.05, 0) is 55.1 Å². The van der Waals surface area contributed by atoms with Crippen molar-refractivity contribution in [1.82, 2.24) is 15.5 Å². The van der Waals surface area contributed by atoms with Gasteiger partial charge in [0.15, 0.2) is 0 Å². The van der Waals surface area contributed by atoms with Crippen LogP contribution in [-0.2, 0) is 22.6 Å². The predicted octanol–water partition coefficient (Wildman–Crippen LogP) is 1.39. The Morgan fingerprint density at radius 1 is 1.06 bits per heavy atom. The van der Waals surface area contributed by atoms with Crippen molar-refractivity contribution in [2.45, 2.75) is 38.3 Å². The first-order valence-corrected chi connectivity index (χ1v) is 10.3. The number of aryl methyl sites for hydroxylation is 1. The summed E-state index contributed by atoms with van der Waals surface area (Å²) in [5, 5.41) is 5.53. The number of benzene rings is 2. The third kappa shape index (κ3) is 4.20. The van der Waals surface area contributed by atoms with Gasteiger partial charge in [0.25, 0.3) is 11.8 Å². The van der Waals surface area contributed by atoms with Gasteiger partial charge in [-0.2, -0.15) is 0 Å². The fourth-order valence-corrected chi connectivity index (χ4v) is 4.12. The number of carbonyl (C=O) groups excluding carboxylic acids is 4. The Kier molecular flexibility index (Phi) is 5.81. The minimum atomic E-state index is -0.954. The maximum atomic E-state index is 13.1. The van der Waals surface area contributed by atoms with Crippen LogP contribution in [0.2, 0.25) is 0 Å². The Balaban J connectivity index is 1.40. The Morgan fingerprint density at radius 2 is 1.87 bits per heavy atom. The summed E-state index contributed by atoms with van der Waals surface area (Å²) >= 11 is 0. The summed E-state index contributed by atoms with van der Waals surface area (Å²) in [6, 6.07) is 12.0. The van der Waals surface area contributed by atoms with Gasteiger partial charge in [-0.1, -0.05) is 24.3 Å². The summed E-state index contributed by atoms with van der Waals surface area (Å²) in [5.74, 6) is -1.96. The van der Waals surface area contributed by atoms with E-state index in [0.29, 0.717) is 17.7 Å². The van der Waals surface area contributed by atoms with Gasteiger partial charge in [0, 0.05) is 18.7 Å². The van der Waals surface area contributed by atoms with Crippen molar-refractivity contribution in [1.29, 1.82) is 0 Å². The highest BCUT2D eigenvalue weighted by atomic mass is 16.2. The number of nitrogens with two attached hydrogens (primary N) is 1. The third-order valence-electron chi connectivity index (χ3n) is 5.64. The molecular weight excluding hydrogens is 396 g/mol. The molecule has 8 nitrogen and oxygen atoms in total. The number of nitrogen functional groups attached to an aromatic ring is 1. The molecule has 31 heavy (non-hydrogen) atoms. The van der Waals surface area contributed by atoms with Crippen LogP contribution in [0.5, 0.6) is 0 Å². The molecule has 2 aromatic rings. The molecule has 4 amide bonds. The topological polar surface area (TPSA) is 122 Å². The van der Waals surface area contributed by atoms with Crippen LogP contribution in [0.3, 0.4) is 0 Å². The molecule has 0 spiro atoms. The summed E-state index contributed by atoms with van der Waals surface area (Å²) in [4.78, 5) is 50.5. The van der Waals surface area contributed by atoms with Crippen molar-refractivity contribution in [2.24, 2.45) is 0 Å². The molecule has 0 bridgehead atoms. The molecule has 0 radical (unpaired) electrons. The SMILES string of the molecule is Nc1cccc(CCCNCc2cccc3c2C(=O)N(C2CCC(=O)NC2=O)C3=O)c1. The summed E-state index contributed by atoms with van der Waals surface area (Å²) in [5.41, 5.74) is 9.07. The van der Waals surface area contributed by atoms with E-state index in [-0.39, 0.29) is 18.7 Å². The van der Waals surface area contributed by atoms with E-state index in [1.165, 1.54) is 5.56 Å². The Hall–Kier alpha value is -3.52. The van der Waals surface area contributed by atoms with Gasteiger partial charge in [-0.25, -0.2) is 0 Å². The van der Waals surface area contributed by atoms with E-state index in [1.54, 1.807) is 12.1 Å². The summed E-state index contributed by atoms with van der Waals surface area (Å²) < 4.78 is 0. The molecule has 2 heterocycles. The average molecular weight is 420 g/mol. The summed E-state index contributed by atoms with van der Waals surface area (Å²) in [7, 11) is 0. The highest BCUT2D eigenvalue weighted by molar-refractivity contribution is 6.24. The van der Waals surface area contributed by atoms with Crippen molar-refractivity contribution in [3.8, 4) is 0 Å². The van der Waals surface area contributed by atoms with E-state index in [4.69, 9.17) is 5.73 Å². The highest BCUT2D eigenvalue weighted by Gasteiger charge is 2.45. The van der Waals surface area contributed by atoms with Gasteiger partial charge < -0.3 is 11.1 Å². The number of nitrogens with zero attached hydrogens (tertiary/aromatic N) is 1. The predicted molar refractivity (Wildman–Crippen MR) is 114 cm³/mol. The summed E-state index contributed by atoms with van der Waals surface area (Å²) in [6.07, 6.45) is 2.03. The van der Waals surface area contributed by atoms with Gasteiger partial charge in [0.05, 0.1) is 11.1 Å². The molecule has 0 aliphatic carbocycles. The number of carbonyl (C=O) groups is 4. The molecule has 160 valence electrons. The average Bonchev–Trinajstić information content (AvgIpc) is 2.99. The van der Waals surface area contributed by atoms with E-state index < -0.39 is 23.8 Å². The van der Waals surface area contributed by atoms with Gasteiger partial charge in [0.1, 0.15) is 6.04 Å². The number of anilines is 1. The van der Waals surface area contributed by atoms with Crippen LogP contribution in [0.4, 0.5) is 5.69 Å². The molecule has 2 aromatic carbocycles. The quantitative estimate of drug-likeness (QED) is 0.354. The van der Waals surface area contributed by atoms with Gasteiger partial charge in [-0.3, -0.25) is 29.4 Å². The maximum absolute atomic E-state index is 13.1. The zero-order chi connectivity index (χ0) is 22.0. The maximum Gasteiger partial charge on any atom is 0.262 e. The molecule has 2 aliphatic heterocycles. The van der Waals surface area contributed by atoms with Crippen LogP contribution < -0.4 is 16.4 Å². The molecule has 4 N–H and O–H groups in total. The summed E-state index contributed by atoms with van der Waals surface area (Å²) in [6.45, 7) is 1.17. The van der Waals surface area contributed by atoms with Crippen LogP contribution in [0.15, 0.2) is 42.5 Å². The minimum Gasteiger partial charge on any atom is -0.399 e. The molecule has 1 atom stereocenters. The molecule has 2 aliphatic rings. The standard InChI is InChI=1S/C23H24N4O4/c24-16-7-1-4-14(12-16)5-3-11-25-13-15-6-2-8-17-20(15)23(31)27(22(17)30)18-9-10-19(28)26-21(18)29/h1-2,4,6-8,12,18,25H,3,5,9-11,13,24H2,(H,26,28,29). The van der Waals surface area contributed by atoms with Crippen molar-refractivity contribution < 1.29 is 19.2 Å². The first-order valence-electron chi connectivity index (χ1n) is 10.3. The molecule has 4 rings (SSSR count). The Labute approximate surface area is 179 Å². The van der Waals surface area contributed by atoms with Gasteiger partial charge in [-0.15, -0.1) is 0 Å². The fraction of sp³-hybridized carbons (Fsp3) is 0.304. The lowest BCUT2D eigenvalue weighted by Gasteiger charge is -2.27. The van der Waals surface area contributed by atoms with Crippen LogP contribution in [0, 0.1) is 0 Å². The van der Waals surface area contributed by atoms with Crippen LogP contribution in [-0.4, -0.2) is 41.1 Å². The van der Waals surface area contributed by atoms with E-state index in [0.717, 1.165) is 35.5 Å². The number of hydrogen-bond donors (Lipinski definition) is 3. The molecule has 0 aromatic heterocycles. The van der Waals surface area contributed by atoms with Crippen molar-refractivity contribution in [2.75, 3.05) is 12.3 Å². The number of amides is 4. The van der Waals surface area contributed by atoms with Crippen molar-refractivity contribution in [3.05, 3.63) is 64.7 Å². The Bertz CT molecular complexity index is 1070. The second-order valence-electron chi connectivity index (χ2n) is 7.81. The molecule has 1 unspecified atom stereocenters. The number of imide groups is 2. The number of nitrogens with one attached hydrogen (secondary N) is 2. The molecule has 1 fully saturated rings. The fourth-order valence-electron chi connectivity index (χ4n) is 4.12. The lowest BCUT2D eigenvalue weighted by molar-refractivity contribution is -0.136. The normalized spacial score (nSPS) is 18.3. The van der Waals surface area contributed by atoms with E-state index in [1.807, 2.05) is 30.3 Å². The smallest absolute Gasteiger partial charge is 0.262 e. The van der Waals surface area contributed by atoms with E-state index in [9.17, 15) is 19.2 Å². The minimum absolute atomic E-state index is 0.102. The Morgan fingerprint density at radius 3 is 2.65 bits per heavy atom. The van der Waals surface area contributed by atoms with Crippen LogP contribution in [0.1, 0.15) is 51.1 Å². The molecule has 1 saturated heterocycles. The number of fused-ring (bicyclic) bond motifs is 1. The van der Waals surface area contributed by atoms with Gasteiger partial charge >= 0.3 is 0 Å². The van der Waals surface area contributed by atoms with Crippen molar-refractivity contribution >= 4 is 29.3 Å². The number of piperidine rings is 1. The first kappa shape index (κ1) is 20.7. The second-order valence-corrected chi connectivity index (χ2v) is 7.81. The molecule has 8 heteroatoms. The van der Waals surface area contributed by atoms with Gasteiger partial charge in [0.2, 0.25) is 11.8 Å². The highest BCUT2D eigenvalue weighted by Crippen LogP contribution is 2.29.